The SMILES string of the molecule is CC(NCC(O)COC1CCCCC1)C(C)(C)C. The molecule has 1 aliphatic carbocycles. The van der Waals surface area contributed by atoms with Gasteiger partial charge in [-0.2, -0.15) is 0 Å². The van der Waals surface area contributed by atoms with E-state index in [1.165, 1.54) is 32.1 Å². The van der Waals surface area contributed by atoms with Crippen molar-refractivity contribution in [3.05, 3.63) is 0 Å². The van der Waals surface area contributed by atoms with Crippen LogP contribution in [0.1, 0.15) is 59.8 Å². The fourth-order valence-electron chi connectivity index (χ4n) is 2.16. The number of hydrogen-bond acceptors (Lipinski definition) is 3. The molecule has 1 aliphatic rings. The molecule has 0 aliphatic heterocycles. The Labute approximate surface area is 112 Å². The summed E-state index contributed by atoms with van der Waals surface area (Å²) >= 11 is 0. The molecule has 0 aromatic rings. The molecule has 0 radical (unpaired) electrons. The minimum Gasteiger partial charge on any atom is -0.389 e. The lowest BCUT2D eigenvalue weighted by Gasteiger charge is -2.29. The monoisotopic (exact) mass is 257 g/mol. The Balaban J connectivity index is 2.11. The van der Waals surface area contributed by atoms with E-state index in [4.69, 9.17) is 4.74 Å². The van der Waals surface area contributed by atoms with Gasteiger partial charge in [-0.15, -0.1) is 0 Å². The van der Waals surface area contributed by atoms with Gasteiger partial charge in [0.1, 0.15) is 0 Å². The molecular weight excluding hydrogens is 226 g/mol. The number of hydrogen-bond donors (Lipinski definition) is 2. The molecule has 2 N–H and O–H groups in total. The fourth-order valence-corrected chi connectivity index (χ4v) is 2.16. The minimum atomic E-state index is -0.392. The van der Waals surface area contributed by atoms with Crippen LogP contribution in [0.15, 0.2) is 0 Å². The standard InChI is InChI=1S/C15H31NO2/c1-12(15(2,3)4)16-10-13(17)11-18-14-8-6-5-7-9-14/h12-14,16-17H,5-11H2,1-4H3. The average molecular weight is 257 g/mol. The molecule has 0 aromatic carbocycles. The second kappa shape index (κ2) is 7.46. The quantitative estimate of drug-likeness (QED) is 0.769. The molecule has 3 heteroatoms. The highest BCUT2D eigenvalue weighted by Crippen LogP contribution is 2.20. The predicted octanol–water partition coefficient (Wildman–Crippen LogP) is 2.72. The van der Waals surface area contributed by atoms with Gasteiger partial charge in [0.05, 0.1) is 18.8 Å². The van der Waals surface area contributed by atoms with Crippen molar-refractivity contribution in [3.63, 3.8) is 0 Å². The van der Waals surface area contributed by atoms with Crippen LogP contribution in [0.3, 0.4) is 0 Å². The summed E-state index contributed by atoms with van der Waals surface area (Å²) in [6.45, 7) is 9.86. The lowest BCUT2D eigenvalue weighted by molar-refractivity contribution is -0.0243. The molecule has 3 nitrogen and oxygen atoms in total. The smallest absolute Gasteiger partial charge is 0.0897 e. The maximum absolute atomic E-state index is 9.91. The normalized spacial score (nSPS) is 21.8. The largest absolute Gasteiger partial charge is 0.389 e. The van der Waals surface area contributed by atoms with Gasteiger partial charge in [0.2, 0.25) is 0 Å². The number of rotatable bonds is 6. The van der Waals surface area contributed by atoms with E-state index in [2.05, 4.69) is 33.0 Å². The Hall–Kier alpha value is -0.120. The van der Waals surface area contributed by atoms with Crippen molar-refractivity contribution in [2.45, 2.75) is 78.0 Å². The minimum absolute atomic E-state index is 0.226. The van der Waals surface area contributed by atoms with Crippen LogP contribution in [0.5, 0.6) is 0 Å². The highest BCUT2D eigenvalue weighted by Gasteiger charge is 2.21. The second-order valence-electron chi connectivity index (χ2n) is 6.74. The van der Waals surface area contributed by atoms with Gasteiger partial charge in [0.25, 0.3) is 0 Å². The first-order valence-corrected chi connectivity index (χ1v) is 7.42. The van der Waals surface area contributed by atoms with Crippen molar-refractivity contribution >= 4 is 0 Å². The number of aliphatic hydroxyl groups excluding tert-OH is 1. The van der Waals surface area contributed by atoms with Crippen molar-refractivity contribution in [2.75, 3.05) is 13.2 Å². The zero-order valence-corrected chi connectivity index (χ0v) is 12.5. The van der Waals surface area contributed by atoms with Gasteiger partial charge in [-0.1, -0.05) is 40.0 Å². The third-order valence-electron chi connectivity index (χ3n) is 4.04. The molecule has 1 saturated carbocycles. The van der Waals surface area contributed by atoms with Crippen molar-refractivity contribution < 1.29 is 9.84 Å². The van der Waals surface area contributed by atoms with Crippen molar-refractivity contribution in [2.24, 2.45) is 5.41 Å². The summed E-state index contributed by atoms with van der Waals surface area (Å²) in [5, 5.41) is 13.3. The molecule has 0 saturated heterocycles. The van der Waals surface area contributed by atoms with Crippen molar-refractivity contribution in [1.29, 1.82) is 0 Å². The summed E-state index contributed by atoms with van der Waals surface area (Å²) in [6, 6.07) is 0.391. The van der Waals surface area contributed by atoms with E-state index in [0.29, 0.717) is 25.3 Å². The van der Waals surface area contributed by atoms with E-state index in [1.807, 2.05) is 0 Å². The van der Waals surface area contributed by atoms with Crippen LogP contribution >= 0.6 is 0 Å². The van der Waals surface area contributed by atoms with Gasteiger partial charge in [0.15, 0.2) is 0 Å². The summed E-state index contributed by atoms with van der Waals surface area (Å²) in [6.07, 6.45) is 6.22. The van der Waals surface area contributed by atoms with Crippen LogP contribution in [0.4, 0.5) is 0 Å². The molecule has 0 heterocycles. The molecule has 0 bridgehead atoms. The predicted molar refractivity (Wildman–Crippen MR) is 75.8 cm³/mol. The summed E-state index contributed by atoms with van der Waals surface area (Å²) in [4.78, 5) is 0. The van der Waals surface area contributed by atoms with E-state index < -0.39 is 6.10 Å². The first-order valence-electron chi connectivity index (χ1n) is 7.42. The Kier molecular flexibility index (Phi) is 6.61. The van der Waals surface area contributed by atoms with Gasteiger partial charge >= 0.3 is 0 Å². The lowest BCUT2D eigenvalue weighted by atomic mass is 9.88. The fraction of sp³-hybridized carbons (Fsp3) is 1.00. The molecule has 2 unspecified atom stereocenters. The summed E-state index contributed by atoms with van der Waals surface area (Å²) in [7, 11) is 0. The summed E-state index contributed by atoms with van der Waals surface area (Å²) in [5.41, 5.74) is 0.226. The van der Waals surface area contributed by atoms with Gasteiger partial charge in [-0.3, -0.25) is 0 Å². The maximum atomic E-state index is 9.91. The second-order valence-corrected chi connectivity index (χ2v) is 6.74. The van der Waals surface area contributed by atoms with Gasteiger partial charge in [0, 0.05) is 12.6 Å². The van der Waals surface area contributed by atoms with Crippen LogP contribution in [0.25, 0.3) is 0 Å². The Morgan fingerprint density at radius 3 is 2.39 bits per heavy atom. The zero-order valence-electron chi connectivity index (χ0n) is 12.5. The summed E-state index contributed by atoms with van der Waals surface area (Å²) < 4.78 is 5.77. The van der Waals surface area contributed by atoms with Crippen LogP contribution in [-0.4, -0.2) is 36.5 Å². The third kappa shape index (κ3) is 6.17. The van der Waals surface area contributed by atoms with Gasteiger partial charge in [-0.05, 0) is 25.2 Å². The molecule has 0 amide bonds. The highest BCUT2D eigenvalue weighted by atomic mass is 16.5. The Morgan fingerprint density at radius 2 is 1.83 bits per heavy atom. The maximum Gasteiger partial charge on any atom is 0.0897 e. The zero-order chi connectivity index (χ0) is 13.6. The molecule has 0 spiro atoms. The van der Waals surface area contributed by atoms with Crippen molar-refractivity contribution in [1.82, 2.24) is 5.32 Å². The van der Waals surface area contributed by atoms with E-state index in [-0.39, 0.29) is 5.41 Å². The topological polar surface area (TPSA) is 41.5 Å². The van der Waals surface area contributed by atoms with E-state index >= 15 is 0 Å². The van der Waals surface area contributed by atoms with E-state index in [0.717, 1.165) is 0 Å². The third-order valence-corrected chi connectivity index (χ3v) is 4.04. The number of ether oxygens (including phenoxy) is 1. The van der Waals surface area contributed by atoms with Crippen molar-refractivity contribution in [3.8, 4) is 0 Å². The van der Waals surface area contributed by atoms with Crippen LogP contribution < -0.4 is 5.32 Å². The molecule has 1 fully saturated rings. The van der Waals surface area contributed by atoms with Crippen LogP contribution in [-0.2, 0) is 4.74 Å². The Bertz CT molecular complexity index is 219. The van der Waals surface area contributed by atoms with E-state index in [9.17, 15) is 5.11 Å². The van der Waals surface area contributed by atoms with Gasteiger partial charge < -0.3 is 15.2 Å². The number of nitrogens with one attached hydrogen (secondary N) is 1. The number of aliphatic hydroxyl groups is 1. The molecule has 108 valence electrons. The van der Waals surface area contributed by atoms with Crippen LogP contribution in [0, 0.1) is 5.41 Å². The first kappa shape index (κ1) is 15.9. The van der Waals surface area contributed by atoms with Gasteiger partial charge in [-0.25, -0.2) is 0 Å². The molecule has 1 rings (SSSR count). The molecule has 18 heavy (non-hydrogen) atoms. The molecular formula is C15H31NO2. The first-order chi connectivity index (χ1) is 8.39. The average Bonchev–Trinajstić information content (AvgIpc) is 2.33. The summed E-state index contributed by atoms with van der Waals surface area (Å²) in [5.74, 6) is 0. The van der Waals surface area contributed by atoms with E-state index in [1.54, 1.807) is 0 Å². The highest BCUT2D eigenvalue weighted by molar-refractivity contribution is 4.77. The lowest BCUT2D eigenvalue weighted by Crippen LogP contribution is -2.42. The molecule has 0 aromatic heterocycles. The Morgan fingerprint density at radius 1 is 1.22 bits per heavy atom. The van der Waals surface area contributed by atoms with Crippen LogP contribution in [0.2, 0.25) is 0 Å². The molecule has 2 atom stereocenters.